The van der Waals surface area contributed by atoms with Gasteiger partial charge < -0.3 is 5.32 Å². The van der Waals surface area contributed by atoms with Crippen molar-refractivity contribution in [2.24, 2.45) is 0 Å². The molecule has 7 heteroatoms. The molecule has 4 aromatic rings. The van der Waals surface area contributed by atoms with E-state index in [1.54, 1.807) is 24.3 Å². The molecule has 1 N–H and O–H groups in total. The summed E-state index contributed by atoms with van der Waals surface area (Å²) in [5, 5.41) is 3.51. The van der Waals surface area contributed by atoms with Gasteiger partial charge >= 0.3 is 0 Å². The number of nitrogens with one attached hydrogen (secondary N) is 1. The Morgan fingerprint density at radius 3 is 2.19 bits per heavy atom. The Morgan fingerprint density at radius 2 is 1.55 bits per heavy atom. The average molecular weight is 475 g/mol. The molecule has 2 aromatic carbocycles. The summed E-state index contributed by atoms with van der Waals surface area (Å²) >= 11 is 3.52. The topological polar surface area (TPSA) is 66.7 Å². The highest BCUT2D eigenvalue weighted by molar-refractivity contribution is 9.10. The largest absolute Gasteiger partial charge is 0.339 e. The van der Waals surface area contributed by atoms with Crippen molar-refractivity contribution >= 4 is 44.9 Å². The molecular formula is C24H19BrN4O2. The lowest BCUT2D eigenvalue weighted by Gasteiger charge is -2.16. The Bertz CT molecular complexity index is 1320. The van der Waals surface area contributed by atoms with Crippen molar-refractivity contribution in [3.05, 3.63) is 93.2 Å². The number of hydrogen-bond donors (Lipinski definition) is 1. The van der Waals surface area contributed by atoms with Crippen LogP contribution in [-0.2, 0) is 6.54 Å². The zero-order valence-corrected chi connectivity index (χ0v) is 18.6. The summed E-state index contributed by atoms with van der Waals surface area (Å²) in [5.74, 6) is 0.138. The van der Waals surface area contributed by atoms with Crippen molar-refractivity contribution in [1.82, 2.24) is 14.3 Å². The van der Waals surface area contributed by atoms with Crippen LogP contribution < -0.4 is 5.32 Å². The number of carbonyl (C=O) groups is 2. The van der Waals surface area contributed by atoms with Crippen LogP contribution in [0.4, 0.5) is 11.5 Å². The van der Waals surface area contributed by atoms with Gasteiger partial charge in [0.05, 0.1) is 17.7 Å². The van der Waals surface area contributed by atoms with E-state index in [1.807, 2.05) is 54.8 Å². The van der Waals surface area contributed by atoms with Crippen LogP contribution in [0.1, 0.15) is 37.5 Å². The lowest BCUT2D eigenvalue weighted by molar-refractivity contribution is 0.0641. The van der Waals surface area contributed by atoms with Gasteiger partial charge in [0, 0.05) is 16.4 Å². The van der Waals surface area contributed by atoms with Crippen molar-refractivity contribution in [3.63, 3.8) is 0 Å². The second-order valence-corrected chi connectivity index (χ2v) is 8.53. The number of carbonyl (C=O) groups excluding carboxylic acids is 2. The number of halogens is 1. The Kier molecular flexibility index (Phi) is 4.63. The van der Waals surface area contributed by atoms with Crippen LogP contribution in [0.5, 0.6) is 0 Å². The molecule has 1 aliphatic rings. The van der Waals surface area contributed by atoms with Crippen LogP contribution >= 0.6 is 15.9 Å². The molecule has 0 bridgehead atoms. The monoisotopic (exact) mass is 474 g/mol. The van der Waals surface area contributed by atoms with E-state index in [9.17, 15) is 9.59 Å². The molecule has 3 heterocycles. The summed E-state index contributed by atoms with van der Waals surface area (Å²) in [6, 6.07) is 16.8. The van der Waals surface area contributed by atoms with Gasteiger partial charge in [0.25, 0.3) is 11.8 Å². The second-order valence-electron chi connectivity index (χ2n) is 7.62. The van der Waals surface area contributed by atoms with E-state index >= 15 is 0 Å². The van der Waals surface area contributed by atoms with Crippen LogP contribution in [0.15, 0.2) is 65.3 Å². The average Bonchev–Trinajstić information content (AvgIpc) is 3.21. The third-order valence-electron chi connectivity index (χ3n) is 5.57. The second kappa shape index (κ2) is 7.35. The van der Waals surface area contributed by atoms with Crippen LogP contribution in [0.2, 0.25) is 0 Å². The van der Waals surface area contributed by atoms with Gasteiger partial charge in [-0.1, -0.05) is 30.3 Å². The van der Waals surface area contributed by atoms with Crippen molar-refractivity contribution in [2.75, 3.05) is 5.32 Å². The number of nitrogens with zero attached hydrogens (tertiary/aromatic N) is 3. The number of fused-ring (bicyclic) bond motifs is 2. The number of anilines is 2. The summed E-state index contributed by atoms with van der Waals surface area (Å²) in [6.45, 7) is 4.16. The number of imide groups is 1. The number of benzene rings is 2. The first kappa shape index (κ1) is 19.5. The highest BCUT2D eigenvalue weighted by Gasteiger charge is 2.36. The third kappa shape index (κ3) is 3.21. The summed E-state index contributed by atoms with van der Waals surface area (Å²) in [4.78, 5) is 31.8. The fraction of sp³-hybridized carbons (Fsp3) is 0.125. The van der Waals surface area contributed by atoms with Gasteiger partial charge in [0.15, 0.2) is 0 Å². The van der Waals surface area contributed by atoms with E-state index in [4.69, 9.17) is 4.98 Å². The molecule has 0 saturated carbocycles. The lowest BCUT2D eigenvalue weighted by atomic mass is 10.1. The maximum absolute atomic E-state index is 12.9. The van der Waals surface area contributed by atoms with Gasteiger partial charge in [-0.15, -0.1) is 0 Å². The van der Waals surface area contributed by atoms with Crippen LogP contribution in [-0.4, -0.2) is 26.1 Å². The normalized spacial score (nSPS) is 13.2. The number of aryl methyl sites for hydroxylation is 2. The van der Waals surface area contributed by atoms with E-state index < -0.39 is 0 Å². The highest BCUT2D eigenvalue weighted by atomic mass is 79.9. The van der Waals surface area contributed by atoms with E-state index in [1.165, 1.54) is 4.90 Å². The minimum atomic E-state index is -0.295. The molecule has 5 rings (SSSR count). The first-order valence-electron chi connectivity index (χ1n) is 9.89. The van der Waals surface area contributed by atoms with E-state index in [0.29, 0.717) is 16.8 Å². The molecule has 154 valence electrons. The highest BCUT2D eigenvalue weighted by Crippen LogP contribution is 2.31. The molecule has 6 nitrogen and oxygen atoms in total. The molecule has 1 aliphatic heterocycles. The number of aromatic nitrogens is 2. The Balaban J connectivity index is 1.60. The number of rotatable bonds is 4. The number of hydrogen-bond acceptors (Lipinski definition) is 4. The maximum atomic E-state index is 12.9. The minimum Gasteiger partial charge on any atom is -0.339 e. The van der Waals surface area contributed by atoms with Gasteiger partial charge in [-0.25, -0.2) is 4.98 Å². The Labute approximate surface area is 187 Å². The van der Waals surface area contributed by atoms with E-state index in [2.05, 4.69) is 21.2 Å². The summed E-state index contributed by atoms with van der Waals surface area (Å²) in [5.41, 5.74) is 5.38. The molecule has 0 atom stereocenters. The van der Waals surface area contributed by atoms with Gasteiger partial charge in [0.2, 0.25) is 0 Å². The number of amides is 2. The van der Waals surface area contributed by atoms with Gasteiger partial charge in [-0.05, 0) is 65.2 Å². The quantitative estimate of drug-likeness (QED) is 0.410. The van der Waals surface area contributed by atoms with Crippen LogP contribution in [0.25, 0.3) is 5.65 Å². The van der Waals surface area contributed by atoms with E-state index in [0.717, 1.165) is 32.8 Å². The molecule has 0 fully saturated rings. The zero-order chi connectivity index (χ0) is 21.7. The summed E-state index contributed by atoms with van der Waals surface area (Å²) in [6.07, 6.45) is 1.92. The predicted molar refractivity (Wildman–Crippen MR) is 123 cm³/mol. The molecule has 2 aromatic heterocycles. The summed E-state index contributed by atoms with van der Waals surface area (Å²) in [7, 11) is 0. The van der Waals surface area contributed by atoms with Crippen molar-refractivity contribution in [2.45, 2.75) is 20.4 Å². The van der Waals surface area contributed by atoms with Crippen LogP contribution in [0, 0.1) is 13.8 Å². The molecule has 0 saturated heterocycles. The molecule has 0 unspecified atom stereocenters. The number of para-hydroxylation sites is 1. The third-order valence-corrected chi connectivity index (χ3v) is 6.03. The Hall–Kier alpha value is -3.45. The molecule has 0 spiro atoms. The zero-order valence-electron chi connectivity index (χ0n) is 17.0. The Morgan fingerprint density at radius 1 is 0.903 bits per heavy atom. The number of imidazole rings is 1. The standard InChI is InChI=1S/C24H19BrN4O2/c1-14-6-5-7-15(2)21(14)27-22-19(26-20-11-10-16(25)12-28(20)22)13-29-23(30)17-8-3-4-9-18(17)24(29)31/h3-12,27H,13H2,1-2H3. The number of pyridine rings is 1. The lowest BCUT2D eigenvalue weighted by Crippen LogP contribution is -2.29. The van der Waals surface area contributed by atoms with Gasteiger partial charge in [-0.2, -0.15) is 0 Å². The smallest absolute Gasteiger partial charge is 0.261 e. The van der Waals surface area contributed by atoms with Gasteiger partial charge in [0.1, 0.15) is 17.2 Å². The van der Waals surface area contributed by atoms with Crippen LogP contribution in [0.3, 0.4) is 0 Å². The predicted octanol–water partition coefficient (Wildman–Crippen LogP) is 5.25. The maximum Gasteiger partial charge on any atom is 0.261 e. The van der Waals surface area contributed by atoms with Crippen molar-refractivity contribution < 1.29 is 9.59 Å². The molecule has 0 aliphatic carbocycles. The molecule has 31 heavy (non-hydrogen) atoms. The molecular weight excluding hydrogens is 456 g/mol. The fourth-order valence-electron chi connectivity index (χ4n) is 3.97. The minimum absolute atomic E-state index is 0.0822. The SMILES string of the molecule is Cc1cccc(C)c1Nc1c(CN2C(=O)c3ccccc3C2=O)nc2ccc(Br)cn12. The fourth-order valence-corrected chi connectivity index (χ4v) is 4.31. The first-order chi connectivity index (χ1) is 14.9. The molecule has 2 amide bonds. The molecule has 0 radical (unpaired) electrons. The van der Waals surface area contributed by atoms with E-state index in [-0.39, 0.29) is 18.4 Å². The van der Waals surface area contributed by atoms with Crippen molar-refractivity contribution in [3.8, 4) is 0 Å². The van der Waals surface area contributed by atoms with Crippen molar-refractivity contribution in [1.29, 1.82) is 0 Å². The first-order valence-corrected chi connectivity index (χ1v) is 10.7. The van der Waals surface area contributed by atoms with Gasteiger partial charge in [-0.3, -0.25) is 18.9 Å². The summed E-state index contributed by atoms with van der Waals surface area (Å²) < 4.78 is 2.83.